The van der Waals surface area contributed by atoms with Crippen molar-refractivity contribution in [3.05, 3.63) is 48.5 Å². The lowest BCUT2D eigenvalue weighted by Crippen LogP contribution is -2.28. The Hall–Kier alpha value is -2.14. The third-order valence-corrected chi connectivity index (χ3v) is 3.48. The second-order valence-corrected chi connectivity index (χ2v) is 5.28. The molecule has 0 aliphatic carbocycles. The Bertz CT molecular complexity index is 560. The summed E-state index contributed by atoms with van der Waals surface area (Å²) in [6, 6.07) is 8.55. The molecule has 0 bridgehead atoms. The Labute approximate surface area is 125 Å². The molecule has 1 unspecified atom stereocenters. The summed E-state index contributed by atoms with van der Waals surface area (Å²) in [5, 5.41) is 3.37. The molecule has 5 heteroatoms. The van der Waals surface area contributed by atoms with Gasteiger partial charge in [-0.05, 0) is 24.6 Å². The number of nitrogens with zero attached hydrogens (tertiary/aromatic N) is 3. The molecule has 0 aliphatic rings. The minimum absolute atomic E-state index is 0.144. The first-order valence-electron chi connectivity index (χ1n) is 7.10. The smallest absolute Gasteiger partial charge is 0.223 e. The Morgan fingerprint density at radius 3 is 2.62 bits per heavy atom. The highest BCUT2D eigenvalue weighted by molar-refractivity contribution is 5.75. The van der Waals surface area contributed by atoms with Crippen molar-refractivity contribution in [3.8, 4) is 5.69 Å². The molecule has 1 aromatic heterocycles. The highest BCUT2D eigenvalue weighted by atomic mass is 16.2. The first kappa shape index (κ1) is 15.3. The van der Waals surface area contributed by atoms with E-state index in [2.05, 4.69) is 41.5 Å². The van der Waals surface area contributed by atoms with Crippen molar-refractivity contribution < 1.29 is 4.79 Å². The van der Waals surface area contributed by atoms with Gasteiger partial charge >= 0.3 is 0 Å². The van der Waals surface area contributed by atoms with E-state index in [0.717, 1.165) is 5.69 Å². The van der Waals surface area contributed by atoms with Crippen molar-refractivity contribution in [1.29, 1.82) is 0 Å². The molecule has 1 heterocycles. The minimum atomic E-state index is 0.144. The molecule has 0 radical (unpaired) electrons. The van der Waals surface area contributed by atoms with Crippen LogP contribution in [-0.2, 0) is 4.79 Å². The van der Waals surface area contributed by atoms with E-state index in [1.54, 1.807) is 31.5 Å². The molecule has 0 spiro atoms. The number of benzene rings is 1. The predicted octanol–water partition coefficient (Wildman–Crippen LogP) is 2.00. The summed E-state index contributed by atoms with van der Waals surface area (Å²) >= 11 is 0. The summed E-state index contributed by atoms with van der Waals surface area (Å²) in [4.78, 5) is 17.2. The third-order valence-electron chi connectivity index (χ3n) is 3.48. The SMILES string of the molecule is CC(NCCC(=O)N(C)C)c1ccc(-n2ccnc2)cc1. The summed E-state index contributed by atoms with van der Waals surface area (Å²) in [7, 11) is 3.56. The monoisotopic (exact) mass is 286 g/mol. The molecule has 1 atom stereocenters. The van der Waals surface area contributed by atoms with E-state index >= 15 is 0 Å². The molecule has 1 aromatic carbocycles. The van der Waals surface area contributed by atoms with E-state index in [0.29, 0.717) is 13.0 Å². The van der Waals surface area contributed by atoms with Gasteiger partial charge in [-0.15, -0.1) is 0 Å². The van der Waals surface area contributed by atoms with Crippen molar-refractivity contribution in [2.45, 2.75) is 19.4 Å². The van der Waals surface area contributed by atoms with E-state index in [9.17, 15) is 4.79 Å². The quantitative estimate of drug-likeness (QED) is 0.883. The minimum Gasteiger partial charge on any atom is -0.349 e. The number of rotatable bonds is 6. The van der Waals surface area contributed by atoms with Gasteiger partial charge in [0.05, 0.1) is 6.33 Å². The number of carbonyl (C=O) groups excluding carboxylic acids is 1. The summed E-state index contributed by atoms with van der Waals surface area (Å²) in [5.74, 6) is 0.144. The van der Waals surface area contributed by atoms with Gasteiger partial charge in [-0.2, -0.15) is 0 Å². The maximum absolute atomic E-state index is 11.5. The highest BCUT2D eigenvalue weighted by Crippen LogP contribution is 2.15. The van der Waals surface area contributed by atoms with Gasteiger partial charge in [-0.1, -0.05) is 12.1 Å². The molecule has 0 saturated heterocycles. The molecule has 2 rings (SSSR count). The van der Waals surface area contributed by atoms with Gasteiger partial charge in [0, 0.05) is 51.2 Å². The van der Waals surface area contributed by atoms with Gasteiger partial charge in [0.25, 0.3) is 0 Å². The first-order chi connectivity index (χ1) is 10.1. The van der Waals surface area contributed by atoms with Crippen LogP contribution in [0.3, 0.4) is 0 Å². The van der Waals surface area contributed by atoms with Gasteiger partial charge in [0.1, 0.15) is 0 Å². The molecule has 2 aromatic rings. The van der Waals surface area contributed by atoms with Crippen LogP contribution in [-0.4, -0.2) is 41.0 Å². The van der Waals surface area contributed by atoms with Crippen LogP contribution >= 0.6 is 0 Å². The predicted molar refractivity (Wildman–Crippen MR) is 83.3 cm³/mol. The zero-order chi connectivity index (χ0) is 15.2. The van der Waals surface area contributed by atoms with Crippen LogP contribution in [0.5, 0.6) is 0 Å². The van der Waals surface area contributed by atoms with Crippen LogP contribution in [0, 0.1) is 0 Å². The van der Waals surface area contributed by atoms with Crippen LogP contribution in [0.25, 0.3) is 5.69 Å². The van der Waals surface area contributed by atoms with Gasteiger partial charge in [0.15, 0.2) is 0 Å². The van der Waals surface area contributed by atoms with Crippen molar-refractivity contribution in [3.63, 3.8) is 0 Å². The van der Waals surface area contributed by atoms with Crippen molar-refractivity contribution in [1.82, 2.24) is 19.8 Å². The fourth-order valence-electron chi connectivity index (χ4n) is 2.08. The van der Waals surface area contributed by atoms with Crippen LogP contribution in [0.2, 0.25) is 0 Å². The lowest BCUT2D eigenvalue weighted by molar-refractivity contribution is -0.128. The second kappa shape index (κ2) is 7.04. The van der Waals surface area contributed by atoms with Crippen LogP contribution in [0.15, 0.2) is 43.0 Å². The van der Waals surface area contributed by atoms with Crippen molar-refractivity contribution in [2.24, 2.45) is 0 Å². The lowest BCUT2D eigenvalue weighted by atomic mass is 10.1. The maximum atomic E-state index is 11.5. The molecule has 21 heavy (non-hydrogen) atoms. The molecular formula is C16H22N4O. The number of hydrogen-bond donors (Lipinski definition) is 1. The summed E-state index contributed by atoms with van der Waals surface area (Å²) in [6.45, 7) is 2.79. The van der Waals surface area contributed by atoms with Crippen LogP contribution < -0.4 is 5.32 Å². The number of imidazole rings is 1. The van der Waals surface area contributed by atoms with E-state index in [1.807, 2.05) is 10.8 Å². The first-order valence-corrected chi connectivity index (χ1v) is 7.10. The molecule has 112 valence electrons. The third kappa shape index (κ3) is 4.16. The Kier molecular flexibility index (Phi) is 5.11. The average molecular weight is 286 g/mol. The number of aromatic nitrogens is 2. The zero-order valence-electron chi connectivity index (χ0n) is 12.8. The average Bonchev–Trinajstić information content (AvgIpc) is 3.01. The van der Waals surface area contributed by atoms with Gasteiger partial charge < -0.3 is 14.8 Å². The normalized spacial score (nSPS) is 12.1. The topological polar surface area (TPSA) is 50.2 Å². The van der Waals surface area contributed by atoms with Gasteiger partial charge in [0.2, 0.25) is 5.91 Å². The Morgan fingerprint density at radius 1 is 1.33 bits per heavy atom. The number of carbonyl (C=O) groups is 1. The van der Waals surface area contributed by atoms with Crippen LogP contribution in [0.1, 0.15) is 24.9 Å². The number of nitrogens with one attached hydrogen (secondary N) is 1. The molecule has 0 fully saturated rings. The molecular weight excluding hydrogens is 264 g/mol. The standard InChI is InChI=1S/C16H22N4O/c1-13(18-9-8-16(21)19(2)3)14-4-6-15(7-5-14)20-11-10-17-12-20/h4-7,10-13,18H,8-9H2,1-3H3. The van der Waals surface area contributed by atoms with E-state index in [-0.39, 0.29) is 11.9 Å². The lowest BCUT2D eigenvalue weighted by Gasteiger charge is -2.16. The molecule has 0 saturated carbocycles. The Morgan fingerprint density at radius 2 is 2.05 bits per heavy atom. The van der Waals surface area contributed by atoms with E-state index in [4.69, 9.17) is 0 Å². The van der Waals surface area contributed by atoms with Crippen molar-refractivity contribution >= 4 is 5.91 Å². The summed E-state index contributed by atoms with van der Waals surface area (Å²) in [5.41, 5.74) is 2.29. The van der Waals surface area contributed by atoms with Gasteiger partial charge in [-0.25, -0.2) is 4.98 Å². The molecule has 1 N–H and O–H groups in total. The van der Waals surface area contributed by atoms with E-state index < -0.39 is 0 Å². The summed E-state index contributed by atoms with van der Waals surface area (Å²) in [6.07, 6.45) is 5.98. The summed E-state index contributed by atoms with van der Waals surface area (Å²) < 4.78 is 1.97. The van der Waals surface area contributed by atoms with E-state index in [1.165, 1.54) is 5.56 Å². The number of hydrogen-bond acceptors (Lipinski definition) is 3. The molecule has 5 nitrogen and oxygen atoms in total. The second-order valence-electron chi connectivity index (χ2n) is 5.28. The van der Waals surface area contributed by atoms with Gasteiger partial charge in [-0.3, -0.25) is 4.79 Å². The Balaban J connectivity index is 1.88. The zero-order valence-corrected chi connectivity index (χ0v) is 12.8. The van der Waals surface area contributed by atoms with Crippen LogP contribution in [0.4, 0.5) is 0 Å². The fraction of sp³-hybridized carbons (Fsp3) is 0.375. The van der Waals surface area contributed by atoms with Crippen molar-refractivity contribution in [2.75, 3.05) is 20.6 Å². The molecule has 1 amide bonds. The largest absolute Gasteiger partial charge is 0.349 e. The number of amides is 1. The maximum Gasteiger partial charge on any atom is 0.223 e. The highest BCUT2D eigenvalue weighted by Gasteiger charge is 2.07. The fourth-order valence-corrected chi connectivity index (χ4v) is 2.08. The molecule has 0 aliphatic heterocycles.